The van der Waals surface area contributed by atoms with Crippen LogP contribution in [0.4, 0.5) is 29.3 Å². The third-order valence-corrected chi connectivity index (χ3v) is 5.95. The molecule has 11 heteroatoms. The molecule has 168 valence electrons. The number of carbonyl (C=O) groups is 3. The van der Waals surface area contributed by atoms with Gasteiger partial charge >= 0.3 is 12.2 Å². The van der Waals surface area contributed by atoms with E-state index in [0.29, 0.717) is 32.0 Å². The van der Waals surface area contributed by atoms with Crippen molar-refractivity contribution in [2.75, 3.05) is 43.1 Å². The standard InChI is InChI=1S/C20H23F3N4O4/c1-19(12-2-3-12)17(29)27(18(30)25-19)11-16(28)24-14-10-13(20(21,22)23)4-5-15(14)26-6-8-31-9-7-26/h4-5,10,12H,2-3,6-9,11H2,1H3,(H,24,28)(H,25,30). The molecule has 31 heavy (non-hydrogen) atoms. The summed E-state index contributed by atoms with van der Waals surface area (Å²) in [6.07, 6.45) is -2.95. The molecule has 3 aliphatic rings. The summed E-state index contributed by atoms with van der Waals surface area (Å²) in [5.41, 5.74) is -1.55. The molecule has 0 radical (unpaired) electrons. The fourth-order valence-electron chi connectivity index (χ4n) is 4.02. The molecule has 1 unspecified atom stereocenters. The third kappa shape index (κ3) is 4.18. The van der Waals surface area contributed by atoms with Crippen LogP contribution in [0.2, 0.25) is 0 Å². The molecule has 0 aromatic heterocycles. The highest BCUT2D eigenvalue weighted by molar-refractivity contribution is 6.10. The number of halogens is 3. The Morgan fingerprint density at radius 1 is 1.26 bits per heavy atom. The number of hydrogen-bond acceptors (Lipinski definition) is 5. The topological polar surface area (TPSA) is 91.0 Å². The number of morpholine rings is 1. The van der Waals surface area contributed by atoms with E-state index in [4.69, 9.17) is 4.74 Å². The van der Waals surface area contributed by atoms with Gasteiger partial charge < -0.3 is 20.3 Å². The highest BCUT2D eigenvalue weighted by atomic mass is 19.4. The van der Waals surface area contributed by atoms with Gasteiger partial charge in [-0.1, -0.05) is 0 Å². The Labute approximate surface area is 176 Å². The van der Waals surface area contributed by atoms with Gasteiger partial charge in [-0.3, -0.25) is 14.5 Å². The maximum atomic E-state index is 13.2. The highest BCUT2D eigenvalue weighted by Gasteiger charge is 2.56. The van der Waals surface area contributed by atoms with Crippen LogP contribution in [0, 0.1) is 5.92 Å². The van der Waals surface area contributed by atoms with E-state index in [1.807, 2.05) is 4.90 Å². The molecule has 4 rings (SSSR count). The Morgan fingerprint density at radius 2 is 1.94 bits per heavy atom. The summed E-state index contributed by atoms with van der Waals surface area (Å²) in [7, 11) is 0. The lowest BCUT2D eigenvalue weighted by molar-refractivity contribution is -0.137. The number of amides is 4. The second kappa shape index (κ2) is 7.70. The van der Waals surface area contributed by atoms with E-state index in [-0.39, 0.29) is 11.6 Å². The summed E-state index contributed by atoms with van der Waals surface area (Å²) >= 11 is 0. The van der Waals surface area contributed by atoms with Crippen molar-refractivity contribution in [3.63, 3.8) is 0 Å². The van der Waals surface area contributed by atoms with Crippen molar-refractivity contribution < 1.29 is 32.3 Å². The average molecular weight is 440 g/mol. The summed E-state index contributed by atoms with van der Waals surface area (Å²) < 4.78 is 45.0. The van der Waals surface area contributed by atoms with Gasteiger partial charge in [0.1, 0.15) is 12.1 Å². The van der Waals surface area contributed by atoms with Crippen LogP contribution >= 0.6 is 0 Å². The maximum Gasteiger partial charge on any atom is 0.416 e. The number of hydrogen-bond donors (Lipinski definition) is 2. The molecule has 1 aromatic carbocycles. The molecule has 0 spiro atoms. The molecule has 1 atom stereocenters. The van der Waals surface area contributed by atoms with Gasteiger partial charge in [0, 0.05) is 13.1 Å². The number of carbonyl (C=O) groups excluding carboxylic acids is 3. The van der Waals surface area contributed by atoms with Gasteiger partial charge in [0.15, 0.2) is 0 Å². The second-order valence-electron chi connectivity index (χ2n) is 8.18. The van der Waals surface area contributed by atoms with Crippen molar-refractivity contribution in [3.05, 3.63) is 23.8 Å². The molecule has 2 heterocycles. The minimum Gasteiger partial charge on any atom is -0.378 e. The Balaban J connectivity index is 1.53. The van der Waals surface area contributed by atoms with E-state index >= 15 is 0 Å². The summed E-state index contributed by atoms with van der Waals surface area (Å²) in [4.78, 5) is 40.2. The van der Waals surface area contributed by atoms with Gasteiger partial charge in [0.2, 0.25) is 5.91 Å². The number of anilines is 2. The summed E-state index contributed by atoms with van der Waals surface area (Å²) in [6.45, 7) is 2.80. The van der Waals surface area contributed by atoms with Gasteiger partial charge in [-0.2, -0.15) is 13.2 Å². The van der Waals surface area contributed by atoms with E-state index in [9.17, 15) is 27.6 Å². The molecule has 8 nitrogen and oxygen atoms in total. The third-order valence-electron chi connectivity index (χ3n) is 5.95. The lowest BCUT2D eigenvalue weighted by Crippen LogP contribution is -2.46. The molecule has 0 bridgehead atoms. The fraction of sp³-hybridized carbons (Fsp3) is 0.550. The van der Waals surface area contributed by atoms with Crippen molar-refractivity contribution in [3.8, 4) is 0 Å². The SMILES string of the molecule is CC1(C2CC2)NC(=O)N(CC(=O)Nc2cc(C(F)(F)F)ccc2N2CCOCC2)C1=O. The van der Waals surface area contributed by atoms with Crippen molar-refractivity contribution in [1.29, 1.82) is 0 Å². The zero-order valence-electron chi connectivity index (χ0n) is 16.9. The number of nitrogens with one attached hydrogen (secondary N) is 2. The van der Waals surface area contributed by atoms with Crippen LogP contribution in [0.1, 0.15) is 25.3 Å². The van der Waals surface area contributed by atoms with Gasteiger partial charge in [0.05, 0.1) is 30.2 Å². The lowest BCUT2D eigenvalue weighted by Gasteiger charge is -2.31. The van der Waals surface area contributed by atoms with Crippen LogP contribution in [-0.4, -0.2) is 61.1 Å². The number of nitrogens with zero attached hydrogens (tertiary/aromatic N) is 2. The van der Waals surface area contributed by atoms with Gasteiger partial charge in [-0.15, -0.1) is 0 Å². The Bertz CT molecular complexity index is 912. The van der Waals surface area contributed by atoms with E-state index in [0.717, 1.165) is 29.9 Å². The molecule has 1 saturated carbocycles. The van der Waals surface area contributed by atoms with Gasteiger partial charge in [-0.05, 0) is 43.9 Å². The number of ether oxygens (including phenoxy) is 1. The minimum absolute atomic E-state index is 0.0290. The smallest absolute Gasteiger partial charge is 0.378 e. The maximum absolute atomic E-state index is 13.2. The Kier molecular flexibility index (Phi) is 5.32. The van der Waals surface area contributed by atoms with Crippen LogP contribution in [-0.2, 0) is 20.5 Å². The Morgan fingerprint density at radius 3 is 2.55 bits per heavy atom. The zero-order chi connectivity index (χ0) is 22.4. The number of alkyl halides is 3. The molecule has 4 amide bonds. The molecular weight excluding hydrogens is 417 g/mol. The molecule has 2 N–H and O–H groups in total. The van der Waals surface area contributed by atoms with Crippen molar-refractivity contribution in [1.82, 2.24) is 10.2 Å². The van der Waals surface area contributed by atoms with Crippen molar-refractivity contribution in [2.45, 2.75) is 31.5 Å². The van der Waals surface area contributed by atoms with Crippen LogP contribution in [0.25, 0.3) is 0 Å². The van der Waals surface area contributed by atoms with E-state index < -0.39 is 41.7 Å². The highest BCUT2D eigenvalue weighted by Crippen LogP contribution is 2.42. The van der Waals surface area contributed by atoms with E-state index in [1.54, 1.807) is 6.92 Å². The predicted molar refractivity (Wildman–Crippen MR) is 104 cm³/mol. The fourth-order valence-corrected chi connectivity index (χ4v) is 4.02. The molecule has 1 aromatic rings. The van der Waals surface area contributed by atoms with Crippen LogP contribution in [0.15, 0.2) is 18.2 Å². The number of urea groups is 1. The summed E-state index contributed by atoms with van der Waals surface area (Å²) in [5.74, 6) is -1.21. The Hall–Kier alpha value is -2.82. The summed E-state index contributed by atoms with van der Waals surface area (Å²) in [5, 5.41) is 5.11. The zero-order valence-corrected chi connectivity index (χ0v) is 16.9. The van der Waals surface area contributed by atoms with E-state index in [2.05, 4.69) is 10.6 Å². The van der Waals surface area contributed by atoms with E-state index in [1.165, 1.54) is 6.07 Å². The first-order chi connectivity index (χ1) is 14.6. The molecule has 1 aliphatic carbocycles. The number of benzene rings is 1. The predicted octanol–water partition coefficient (Wildman–Crippen LogP) is 2.20. The monoisotopic (exact) mass is 440 g/mol. The average Bonchev–Trinajstić information content (AvgIpc) is 3.54. The first-order valence-electron chi connectivity index (χ1n) is 10.1. The first kappa shape index (κ1) is 21.4. The number of imide groups is 1. The van der Waals surface area contributed by atoms with Crippen LogP contribution in [0.5, 0.6) is 0 Å². The summed E-state index contributed by atoms with van der Waals surface area (Å²) in [6, 6.07) is 2.45. The van der Waals surface area contributed by atoms with Crippen LogP contribution in [0.3, 0.4) is 0 Å². The lowest BCUT2D eigenvalue weighted by atomic mass is 9.96. The quantitative estimate of drug-likeness (QED) is 0.686. The number of rotatable bonds is 5. The van der Waals surface area contributed by atoms with Crippen molar-refractivity contribution >= 4 is 29.2 Å². The normalized spacial score (nSPS) is 24.4. The minimum atomic E-state index is -4.58. The molecule has 2 saturated heterocycles. The van der Waals surface area contributed by atoms with Gasteiger partial charge in [-0.25, -0.2) is 4.79 Å². The van der Waals surface area contributed by atoms with Crippen molar-refractivity contribution in [2.24, 2.45) is 5.92 Å². The van der Waals surface area contributed by atoms with Crippen LogP contribution < -0.4 is 15.5 Å². The largest absolute Gasteiger partial charge is 0.416 e. The van der Waals surface area contributed by atoms with Gasteiger partial charge in [0.25, 0.3) is 5.91 Å². The molecular formula is C20H23F3N4O4. The molecule has 2 aliphatic heterocycles. The second-order valence-corrected chi connectivity index (χ2v) is 8.18. The molecule has 3 fully saturated rings. The first-order valence-corrected chi connectivity index (χ1v) is 10.1.